The Morgan fingerprint density at radius 3 is 2.50 bits per heavy atom. The molecule has 1 heterocycles. The number of benzene rings is 3. The molecule has 0 unspecified atom stereocenters. The van der Waals surface area contributed by atoms with Crippen LogP contribution in [-0.2, 0) is 6.42 Å². The minimum Gasteiger partial charge on any atom is -0.496 e. The molecule has 0 fully saturated rings. The Bertz CT molecular complexity index is 839. The highest BCUT2D eigenvalue weighted by Gasteiger charge is 2.19. The van der Waals surface area contributed by atoms with Gasteiger partial charge in [0.05, 0.1) is 18.5 Å². The Morgan fingerprint density at radius 1 is 0.818 bits per heavy atom. The molecule has 2 nitrogen and oxygen atoms in total. The number of para-hydroxylation sites is 2. The average molecular weight is 286 g/mol. The van der Waals surface area contributed by atoms with E-state index in [0.717, 1.165) is 23.5 Å². The molecule has 22 heavy (non-hydrogen) atoms. The predicted molar refractivity (Wildman–Crippen MR) is 89.1 cm³/mol. The molecule has 0 aliphatic carbocycles. The first kappa shape index (κ1) is 13.0. The van der Waals surface area contributed by atoms with E-state index in [1.54, 1.807) is 7.11 Å². The van der Waals surface area contributed by atoms with Crippen LogP contribution in [0.25, 0.3) is 11.1 Å². The van der Waals surface area contributed by atoms with Gasteiger partial charge in [-0.25, -0.2) is 5.32 Å². The van der Waals surface area contributed by atoms with Crippen molar-refractivity contribution < 1.29 is 4.74 Å². The second-order valence-electron chi connectivity index (χ2n) is 5.47. The average Bonchev–Trinajstić information content (AvgIpc) is 2.93. The van der Waals surface area contributed by atoms with Crippen LogP contribution in [0.4, 0.5) is 11.4 Å². The summed E-state index contributed by atoms with van der Waals surface area (Å²) < 4.78 is 5.45. The number of methoxy groups -OCH3 is 1. The lowest BCUT2D eigenvalue weighted by Gasteiger charge is -2.09. The summed E-state index contributed by atoms with van der Waals surface area (Å²) in [5.74, 6) is 0.938. The van der Waals surface area contributed by atoms with Crippen LogP contribution >= 0.6 is 0 Å². The number of hydrogen-bond donors (Lipinski definition) is 0. The van der Waals surface area contributed by atoms with Crippen molar-refractivity contribution in [2.24, 2.45) is 0 Å². The van der Waals surface area contributed by atoms with Gasteiger partial charge in [-0.2, -0.15) is 0 Å². The number of hydrogen-bond acceptors (Lipinski definition) is 1. The van der Waals surface area contributed by atoms with Gasteiger partial charge in [0.25, 0.3) is 0 Å². The molecule has 0 saturated carbocycles. The first-order valence-electron chi connectivity index (χ1n) is 7.41. The van der Waals surface area contributed by atoms with Crippen LogP contribution in [0, 0.1) is 0 Å². The lowest BCUT2D eigenvalue weighted by Crippen LogP contribution is -1.94. The fraction of sp³-hybridized carbons (Fsp3) is 0.100. The molecule has 2 heteroatoms. The van der Waals surface area contributed by atoms with E-state index in [1.165, 1.54) is 22.3 Å². The van der Waals surface area contributed by atoms with E-state index in [1.807, 2.05) is 18.2 Å². The maximum absolute atomic E-state index is 5.45. The van der Waals surface area contributed by atoms with E-state index < -0.39 is 0 Å². The first-order valence-corrected chi connectivity index (χ1v) is 7.41. The smallest absolute Gasteiger partial charge is 0.122 e. The van der Waals surface area contributed by atoms with Gasteiger partial charge in [0.1, 0.15) is 5.75 Å². The second kappa shape index (κ2) is 5.23. The van der Waals surface area contributed by atoms with Crippen LogP contribution in [0.5, 0.6) is 5.75 Å². The molecule has 0 saturated heterocycles. The van der Waals surface area contributed by atoms with E-state index in [0.29, 0.717) is 0 Å². The Labute approximate surface area is 130 Å². The van der Waals surface area contributed by atoms with E-state index in [4.69, 9.17) is 4.74 Å². The molecule has 0 atom stereocenters. The molecular weight excluding hydrogens is 270 g/mol. The summed E-state index contributed by atoms with van der Waals surface area (Å²) in [6, 6.07) is 23.0. The van der Waals surface area contributed by atoms with Gasteiger partial charge in [0.15, 0.2) is 0 Å². The monoisotopic (exact) mass is 286 g/mol. The summed E-state index contributed by atoms with van der Waals surface area (Å²) in [7, 11) is 1.72. The van der Waals surface area contributed by atoms with E-state index >= 15 is 0 Å². The standard InChI is InChI=1S/C20H16NO/c1-22-20-9-5-2-6-15(20)12-14-10-11-19-17(13-14)16-7-3-4-8-18(16)21-19/h2-11,13H,12H2,1H3. The Balaban J connectivity index is 1.72. The minimum atomic E-state index is 0.861. The maximum atomic E-state index is 5.45. The first-order chi connectivity index (χ1) is 10.8. The topological polar surface area (TPSA) is 23.3 Å². The van der Waals surface area contributed by atoms with E-state index in [2.05, 4.69) is 53.8 Å². The van der Waals surface area contributed by atoms with Crippen LogP contribution in [-0.4, -0.2) is 7.11 Å². The molecule has 3 aromatic carbocycles. The normalized spacial score (nSPS) is 11.5. The van der Waals surface area contributed by atoms with Gasteiger partial charge in [-0.1, -0.05) is 42.5 Å². The zero-order valence-corrected chi connectivity index (χ0v) is 12.4. The summed E-state index contributed by atoms with van der Waals surface area (Å²) in [6.45, 7) is 0. The van der Waals surface area contributed by atoms with Gasteiger partial charge in [-0.3, -0.25) is 0 Å². The van der Waals surface area contributed by atoms with Gasteiger partial charge < -0.3 is 4.74 Å². The Hall–Kier alpha value is -2.74. The highest BCUT2D eigenvalue weighted by Crippen LogP contribution is 2.43. The molecule has 4 rings (SSSR count). The molecule has 0 amide bonds. The largest absolute Gasteiger partial charge is 0.496 e. The fourth-order valence-electron chi connectivity index (χ4n) is 3.00. The van der Waals surface area contributed by atoms with Gasteiger partial charge >= 0.3 is 0 Å². The zero-order valence-electron chi connectivity index (χ0n) is 12.4. The third kappa shape index (κ3) is 2.13. The lowest BCUT2D eigenvalue weighted by molar-refractivity contribution is 0.410. The maximum Gasteiger partial charge on any atom is 0.122 e. The van der Waals surface area contributed by atoms with Crippen molar-refractivity contribution in [3.8, 4) is 16.9 Å². The van der Waals surface area contributed by atoms with Crippen LogP contribution in [0.1, 0.15) is 11.1 Å². The van der Waals surface area contributed by atoms with E-state index in [-0.39, 0.29) is 0 Å². The Kier molecular flexibility index (Phi) is 3.08. The highest BCUT2D eigenvalue weighted by molar-refractivity contribution is 5.90. The molecule has 0 spiro atoms. The fourth-order valence-corrected chi connectivity index (χ4v) is 3.00. The van der Waals surface area contributed by atoms with Crippen molar-refractivity contribution >= 4 is 11.4 Å². The molecule has 107 valence electrons. The molecule has 3 aromatic rings. The number of ether oxygens (including phenoxy) is 1. The molecule has 0 aromatic heterocycles. The molecular formula is C20H16NO. The summed E-state index contributed by atoms with van der Waals surface area (Å²) in [5, 5.41) is 4.67. The number of nitrogens with zero attached hydrogens (tertiary/aromatic N) is 1. The van der Waals surface area contributed by atoms with Crippen LogP contribution in [0.3, 0.4) is 0 Å². The third-order valence-electron chi connectivity index (χ3n) is 4.08. The van der Waals surface area contributed by atoms with Gasteiger partial charge in [-0.15, -0.1) is 0 Å². The number of fused-ring (bicyclic) bond motifs is 3. The zero-order chi connectivity index (χ0) is 14.9. The van der Waals surface area contributed by atoms with Crippen molar-refractivity contribution in [1.82, 2.24) is 5.32 Å². The lowest BCUT2D eigenvalue weighted by atomic mass is 9.99. The van der Waals surface area contributed by atoms with Gasteiger partial charge in [-0.05, 0) is 35.4 Å². The molecule has 1 aliphatic heterocycles. The molecule has 1 radical (unpaired) electrons. The molecule has 0 bridgehead atoms. The Morgan fingerprint density at radius 2 is 1.59 bits per heavy atom. The van der Waals surface area contributed by atoms with Crippen molar-refractivity contribution in [3.05, 3.63) is 77.9 Å². The highest BCUT2D eigenvalue weighted by atomic mass is 16.5. The van der Waals surface area contributed by atoms with Gasteiger partial charge in [0.2, 0.25) is 0 Å². The van der Waals surface area contributed by atoms with Crippen molar-refractivity contribution in [1.29, 1.82) is 0 Å². The molecule has 1 aliphatic rings. The summed E-state index contributed by atoms with van der Waals surface area (Å²) in [4.78, 5) is 0. The van der Waals surface area contributed by atoms with Gasteiger partial charge in [0, 0.05) is 17.5 Å². The minimum absolute atomic E-state index is 0.861. The molecule has 0 N–H and O–H groups in total. The second-order valence-corrected chi connectivity index (χ2v) is 5.47. The van der Waals surface area contributed by atoms with Crippen LogP contribution < -0.4 is 10.1 Å². The van der Waals surface area contributed by atoms with E-state index in [9.17, 15) is 0 Å². The van der Waals surface area contributed by atoms with Crippen LogP contribution in [0.2, 0.25) is 0 Å². The summed E-state index contributed by atoms with van der Waals surface area (Å²) in [6.07, 6.45) is 0.861. The SMILES string of the molecule is COc1ccccc1Cc1ccc2c(c1)-c1ccccc1[N]2. The number of rotatable bonds is 3. The van der Waals surface area contributed by atoms with Crippen molar-refractivity contribution in [2.45, 2.75) is 6.42 Å². The summed E-state index contributed by atoms with van der Waals surface area (Å²) >= 11 is 0. The van der Waals surface area contributed by atoms with Crippen molar-refractivity contribution in [2.75, 3.05) is 7.11 Å². The predicted octanol–water partition coefficient (Wildman–Crippen LogP) is 4.83. The van der Waals surface area contributed by atoms with Crippen molar-refractivity contribution in [3.63, 3.8) is 0 Å². The third-order valence-corrected chi connectivity index (χ3v) is 4.08. The van der Waals surface area contributed by atoms with Crippen LogP contribution in [0.15, 0.2) is 66.7 Å². The summed E-state index contributed by atoms with van der Waals surface area (Å²) in [5.41, 5.74) is 7.04. The quantitative estimate of drug-likeness (QED) is 0.529.